The van der Waals surface area contributed by atoms with E-state index in [0.29, 0.717) is 28.9 Å². The highest BCUT2D eigenvalue weighted by atomic mass is 35.5. The Morgan fingerprint density at radius 1 is 1.26 bits per heavy atom. The molecule has 3 aromatic heterocycles. The Labute approximate surface area is 114 Å². The van der Waals surface area contributed by atoms with Crippen molar-refractivity contribution >= 4 is 28.6 Å². The Kier molecular flexibility index (Phi) is 2.79. The van der Waals surface area contributed by atoms with E-state index in [9.17, 15) is 0 Å². The molecule has 0 aromatic carbocycles. The molecule has 3 heterocycles. The number of hydrogen-bond acceptors (Lipinski definition) is 5. The van der Waals surface area contributed by atoms with Crippen LogP contribution >= 0.6 is 11.6 Å². The minimum Gasteiger partial charge on any atom is -0.382 e. The monoisotopic (exact) mass is 274 g/mol. The van der Waals surface area contributed by atoms with E-state index in [4.69, 9.17) is 17.3 Å². The number of anilines is 1. The smallest absolute Gasteiger partial charge is 0.166 e. The first-order valence-corrected chi connectivity index (χ1v) is 6.06. The standard InChI is InChI=1S/C12H11ClN6/c1-7-17-11(14)10-12(18-7)19(6-16-10)5-8-2-3-9(13)15-4-8/h2-4,6H,5H2,1H3,(H2,14,17,18). The van der Waals surface area contributed by atoms with Crippen molar-refractivity contribution in [1.29, 1.82) is 0 Å². The van der Waals surface area contributed by atoms with Crippen LogP contribution in [0, 0.1) is 6.92 Å². The molecule has 19 heavy (non-hydrogen) atoms. The van der Waals surface area contributed by atoms with Crippen molar-refractivity contribution in [3.8, 4) is 0 Å². The van der Waals surface area contributed by atoms with Gasteiger partial charge in [0, 0.05) is 6.20 Å². The van der Waals surface area contributed by atoms with E-state index in [2.05, 4.69) is 19.9 Å². The van der Waals surface area contributed by atoms with E-state index in [0.717, 1.165) is 11.2 Å². The summed E-state index contributed by atoms with van der Waals surface area (Å²) in [5.74, 6) is 1.02. The lowest BCUT2D eigenvalue weighted by Crippen LogP contribution is -2.02. The lowest BCUT2D eigenvalue weighted by molar-refractivity contribution is 0.806. The van der Waals surface area contributed by atoms with Crippen molar-refractivity contribution in [1.82, 2.24) is 24.5 Å². The van der Waals surface area contributed by atoms with E-state index in [1.54, 1.807) is 25.5 Å². The van der Waals surface area contributed by atoms with E-state index in [1.165, 1.54) is 0 Å². The van der Waals surface area contributed by atoms with Gasteiger partial charge in [-0.1, -0.05) is 17.7 Å². The first-order valence-electron chi connectivity index (χ1n) is 5.69. The van der Waals surface area contributed by atoms with Gasteiger partial charge in [0.05, 0.1) is 12.9 Å². The maximum atomic E-state index is 5.83. The van der Waals surface area contributed by atoms with Crippen LogP contribution in [0.5, 0.6) is 0 Å². The molecule has 2 N–H and O–H groups in total. The van der Waals surface area contributed by atoms with Gasteiger partial charge in [0.1, 0.15) is 16.5 Å². The van der Waals surface area contributed by atoms with Gasteiger partial charge in [-0.2, -0.15) is 0 Å². The number of aromatic nitrogens is 5. The van der Waals surface area contributed by atoms with Gasteiger partial charge in [-0.05, 0) is 18.6 Å². The third-order valence-corrected chi connectivity index (χ3v) is 2.97. The Hall–Kier alpha value is -2.21. The molecule has 0 aliphatic heterocycles. The second-order valence-corrected chi connectivity index (χ2v) is 4.58. The van der Waals surface area contributed by atoms with Gasteiger partial charge in [-0.25, -0.2) is 19.9 Å². The van der Waals surface area contributed by atoms with Crippen molar-refractivity contribution in [3.05, 3.63) is 41.2 Å². The van der Waals surface area contributed by atoms with Crippen LogP contribution in [-0.2, 0) is 6.54 Å². The Bertz CT molecular complexity index is 734. The van der Waals surface area contributed by atoms with Crippen molar-refractivity contribution in [2.45, 2.75) is 13.5 Å². The molecule has 0 atom stereocenters. The number of aryl methyl sites for hydroxylation is 1. The van der Waals surface area contributed by atoms with E-state index >= 15 is 0 Å². The van der Waals surface area contributed by atoms with Crippen LogP contribution < -0.4 is 5.73 Å². The first kappa shape index (κ1) is 11.9. The minimum atomic E-state index is 0.399. The number of hydrogen-bond donors (Lipinski definition) is 1. The van der Waals surface area contributed by atoms with Crippen LogP contribution in [0.1, 0.15) is 11.4 Å². The summed E-state index contributed by atoms with van der Waals surface area (Å²) >= 11 is 5.76. The van der Waals surface area contributed by atoms with E-state index in [1.807, 2.05) is 10.6 Å². The first-order chi connectivity index (χ1) is 9.13. The number of imidazole rings is 1. The third kappa shape index (κ3) is 2.22. The zero-order valence-electron chi connectivity index (χ0n) is 10.2. The highest BCUT2D eigenvalue weighted by Crippen LogP contribution is 2.17. The van der Waals surface area contributed by atoms with Crippen molar-refractivity contribution in [2.24, 2.45) is 0 Å². The van der Waals surface area contributed by atoms with Crippen LogP contribution in [-0.4, -0.2) is 24.5 Å². The van der Waals surface area contributed by atoms with Crippen molar-refractivity contribution in [3.63, 3.8) is 0 Å². The van der Waals surface area contributed by atoms with Crippen molar-refractivity contribution < 1.29 is 0 Å². The fourth-order valence-electron chi connectivity index (χ4n) is 1.89. The summed E-state index contributed by atoms with van der Waals surface area (Å²) in [6.07, 6.45) is 3.43. The fourth-order valence-corrected chi connectivity index (χ4v) is 2.00. The molecule has 3 aromatic rings. The summed E-state index contributed by atoms with van der Waals surface area (Å²) in [7, 11) is 0. The summed E-state index contributed by atoms with van der Waals surface area (Å²) in [5, 5.41) is 0.474. The summed E-state index contributed by atoms with van der Waals surface area (Å²) in [4.78, 5) is 16.8. The SMILES string of the molecule is Cc1nc(N)c2ncn(Cc3ccc(Cl)nc3)c2n1. The Balaban J connectivity index is 2.03. The molecule has 0 saturated carbocycles. The van der Waals surface area contributed by atoms with Gasteiger partial charge in [-0.3, -0.25) is 0 Å². The van der Waals surface area contributed by atoms with Gasteiger partial charge in [-0.15, -0.1) is 0 Å². The lowest BCUT2D eigenvalue weighted by atomic mass is 10.3. The number of halogens is 1. The molecular weight excluding hydrogens is 264 g/mol. The summed E-state index contributed by atoms with van der Waals surface area (Å²) in [6.45, 7) is 2.41. The van der Waals surface area contributed by atoms with Crippen LogP contribution in [0.25, 0.3) is 11.2 Å². The largest absolute Gasteiger partial charge is 0.382 e. The predicted octanol–water partition coefficient (Wildman–Crippen LogP) is 1.81. The summed E-state index contributed by atoms with van der Waals surface area (Å²) in [5.41, 5.74) is 8.18. The molecule has 0 fully saturated rings. The average molecular weight is 275 g/mol. The van der Waals surface area contributed by atoms with Crippen LogP contribution in [0.4, 0.5) is 5.82 Å². The minimum absolute atomic E-state index is 0.399. The topological polar surface area (TPSA) is 82.5 Å². The maximum Gasteiger partial charge on any atom is 0.166 e. The van der Waals surface area contributed by atoms with Gasteiger partial charge in [0.25, 0.3) is 0 Å². The summed E-state index contributed by atoms with van der Waals surface area (Å²) in [6, 6.07) is 3.67. The summed E-state index contributed by atoms with van der Waals surface area (Å²) < 4.78 is 1.91. The number of pyridine rings is 1. The normalized spacial score (nSPS) is 11.1. The molecule has 0 spiro atoms. The van der Waals surface area contributed by atoms with Crippen LogP contribution in [0.3, 0.4) is 0 Å². The zero-order valence-corrected chi connectivity index (χ0v) is 11.0. The number of rotatable bonds is 2. The number of nitrogen functional groups attached to an aromatic ring is 1. The molecule has 3 rings (SSSR count). The predicted molar refractivity (Wildman–Crippen MR) is 72.8 cm³/mol. The fraction of sp³-hybridized carbons (Fsp3) is 0.167. The molecule has 0 aliphatic rings. The second kappa shape index (κ2) is 4.47. The number of fused-ring (bicyclic) bond motifs is 1. The molecule has 7 heteroatoms. The molecular formula is C12H11ClN6. The molecule has 0 aliphatic carbocycles. The highest BCUT2D eigenvalue weighted by molar-refractivity contribution is 6.29. The zero-order chi connectivity index (χ0) is 13.4. The quantitative estimate of drug-likeness (QED) is 0.721. The van der Waals surface area contributed by atoms with Gasteiger partial charge in [0.15, 0.2) is 11.5 Å². The number of nitrogens with two attached hydrogens (primary N) is 1. The maximum absolute atomic E-state index is 5.83. The molecule has 0 bridgehead atoms. The Morgan fingerprint density at radius 3 is 2.84 bits per heavy atom. The third-order valence-electron chi connectivity index (χ3n) is 2.74. The van der Waals surface area contributed by atoms with Crippen molar-refractivity contribution in [2.75, 3.05) is 5.73 Å². The lowest BCUT2D eigenvalue weighted by Gasteiger charge is -2.04. The second-order valence-electron chi connectivity index (χ2n) is 4.19. The van der Waals surface area contributed by atoms with E-state index in [-0.39, 0.29) is 0 Å². The van der Waals surface area contributed by atoms with Crippen LogP contribution in [0.2, 0.25) is 5.15 Å². The molecule has 0 unspecified atom stereocenters. The Morgan fingerprint density at radius 2 is 2.11 bits per heavy atom. The molecule has 0 saturated heterocycles. The van der Waals surface area contributed by atoms with Gasteiger partial charge in [0.2, 0.25) is 0 Å². The average Bonchev–Trinajstić information content (AvgIpc) is 2.76. The van der Waals surface area contributed by atoms with Gasteiger partial charge >= 0.3 is 0 Å². The van der Waals surface area contributed by atoms with Crippen LogP contribution in [0.15, 0.2) is 24.7 Å². The molecule has 0 amide bonds. The molecule has 0 radical (unpaired) electrons. The molecule has 96 valence electrons. The number of nitrogens with zero attached hydrogens (tertiary/aromatic N) is 5. The van der Waals surface area contributed by atoms with E-state index < -0.39 is 0 Å². The van der Waals surface area contributed by atoms with Gasteiger partial charge < -0.3 is 10.3 Å². The highest BCUT2D eigenvalue weighted by Gasteiger charge is 2.09. The molecule has 6 nitrogen and oxygen atoms in total.